The number of pyridine rings is 1. The molecule has 1 atom stereocenters. The number of nitrogens with zero attached hydrogens (tertiary/aromatic N) is 3. The lowest BCUT2D eigenvalue weighted by molar-refractivity contribution is 0.176. The van der Waals surface area contributed by atoms with Crippen LogP contribution in [0.4, 0.5) is 0 Å². The first-order valence-corrected chi connectivity index (χ1v) is 7.18. The van der Waals surface area contributed by atoms with Gasteiger partial charge in [-0.05, 0) is 43.3 Å². The molecule has 0 aliphatic carbocycles. The van der Waals surface area contributed by atoms with Crippen LogP contribution in [0.1, 0.15) is 18.9 Å². The standard InChI is InChI=1S/C15H12BrN3O2/c1-10(20-13-6-4-12(16)5-7-13)15-18-14(19-21-15)11-3-2-8-17-9-11/h2-10H,1H3/t10-/m0/s1. The van der Waals surface area contributed by atoms with Gasteiger partial charge in [0, 0.05) is 22.4 Å². The summed E-state index contributed by atoms with van der Waals surface area (Å²) < 4.78 is 12.0. The van der Waals surface area contributed by atoms with E-state index in [1.54, 1.807) is 12.4 Å². The van der Waals surface area contributed by atoms with E-state index in [-0.39, 0.29) is 6.10 Å². The molecule has 2 heterocycles. The number of hydrogen-bond acceptors (Lipinski definition) is 5. The highest BCUT2D eigenvalue weighted by Crippen LogP contribution is 2.24. The Morgan fingerprint density at radius 3 is 2.71 bits per heavy atom. The summed E-state index contributed by atoms with van der Waals surface area (Å²) in [6.07, 6.45) is 3.06. The highest BCUT2D eigenvalue weighted by atomic mass is 79.9. The molecule has 21 heavy (non-hydrogen) atoms. The molecule has 106 valence electrons. The third-order valence-corrected chi connectivity index (χ3v) is 3.36. The molecule has 0 spiro atoms. The van der Waals surface area contributed by atoms with Crippen LogP contribution in [0.15, 0.2) is 57.8 Å². The second kappa shape index (κ2) is 6.05. The van der Waals surface area contributed by atoms with Crippen LogP contribution >= 0.6 is 15.9 Å². The number of halogens is 1. The van der Waals surface area contributed by atoms with Gasteiger partial charge in [-0.15, -0.1) is 0 Å². The van der Waals surface area contributed by atoms with Gasteiger partial charge in [0.25, 0.3) is 5.89 Å². The van der Waals surface area contributed by atoms with Gasteiger partial charge in [-0.25, -0.2) is 0 Å². The zero-order valence-electron chi connectivity index (χ0n) is 11.2. The molecule has 6 heteroatoms. The first-order chi connectivity index (χ1) is 10.2. The summed E-state index contributed by atoms with van der Waals surface area (Å²) >= 11 is 3.38. The van der Waals surface area contributed by atoms with Crippen molar-refractivity contribution in [2.45, 2.75) is 13.0 Å². The van der Waals surface area contributed by atoms with Crippen LogP contribution in [0.2, 0.25) is 0 Å². The maximum absolute atomic E-state index is 5.77. The Morgan fingerprint density at radius 2 is 2.00 bits per heavy atom. The van der Waals surface area contributed by atoms with Crippen molar-refractivity contribution in [3.05, 3.63) is 59.2 Å². The van der Waals surface area contributed by atoms with Crippen molar-refractivity contribution in [3.8, 4) is 17.1 Å². The Morgan fingerprint density at radius 1 is 1.19 bits per heavy atom. The summed E-state index contributed by atoms with van der Waals surface area (Å²) in [6, 6.07) is 11.3. The van der Waals surface area contributed by atoms with Crippen molar-refractivity contribution < 1.29 is 9.26 Å². The molecule has 0 unspecified atom stereocenters. The predicted molar refractivity (Wildman–Crippen MR) is 80.7 cm³/mol. The highest BCUT2D eigenvalue weighted by molar-refractivity contribution is 9.10. The Bertz CT molecular complexity index is 713. The van der Waals surface area contributed by atoms with Gasteiger partial charge in [-0.3, -0.25) is 4.98 Å². The first kappa shape index (κ1) is 13.8. The topological polar surface area (TPSA) is 61.0 Å². The highest BCUT2D eigenvalue weighted by Gasteiger charge is 2.16. The monoisotopic (exact) mass is 345 g/mol. The molecule has 0 fully saturated rings. The van der Waals surface area contributed by atoms with Gasteiger partial charge in [0.2, 0.25) is 5.82 Å². The number of aromatic nitrogens is 3. The summed E-state index contributed by atoms with van der Waals surface area (Å²) in [5.74, 6) is 1.67. The molecule has 0 saturated carbocycles. The minimum absolute atomic E-state index is 0.330. The van der Waals surface area contributed by atoms with E-state index in [1.807, 2.05) is 43.3 Å². The van der Waals surface area contributed by atoms with E-state index in [0.717, 1.165) is 15.8 Å². The van der Waals surface area contributed by atoms with Crippen LogP contribution in [0.3, 0.4) is 0 Å². The number of ether oxygens (including phenoxy) is 1. The van der Waals surface area contributed by atoms with E-state index in [4.69, 9.17) is 9.26 Å². The Kier molecular flexibility index (Phi) is 3.96. The molecular weight excluding hydrogens is 334 g/mol. The summed E-state index contributed by atoms with van der Waals surface area (Å²) in [5, 5.41) is 3.95. The molecule has 0 amide bonds. The maximum atomic E-state index is 5.77. The van der Waals surface area contributed by atoms with Crippen LogP contribution in [0, 0.1) is 0 Å². The number of rotatable bonds is 4. The van der Waals surface area contributed by atoms with Gasteiger partial charge in [0.15, 0.2) is 6.10 Å². The lowest BCUT2D eigenvalue weighted by atomic mass is 10.3. The molecule has 3 aromatic rings. The molecular formula is C15H12BrN3O2. The van der Waals surface area contributed by atoms with Gasteiger partial charge in [0.1, 0.15) is 5.75 Å². The second-order valence-electron chi connectivity index (χ2n) is 4.41. The van der Waals surface area contributed by atoms with Crippen molar-refractivity contribution in [2.24, 2.45) is 0 Å². The van der Waals surface area contributed by atoms with Crippen molar-refractivity contribution in [1.82, 2.24) is 15.1 Å². The fraction of sp³-hybridized carbons (Fsp3) is 0.133. The van der Waals surface area contributed by atoms with Crippen LogP contribution in [0.5, 0.6) is 5.75 Å². The number of benzene rings is 1. The molecule has 0 bridgehead atoms. The van der Waals surface area contributed by atoms with E-state index in [2.05, 4.69) is 31.1 Å². The molecule has 0 aliphatic rings. The van der Waals surface area contributed by atoms with Crippen molar-refractivity contribution >= 4 is 15.9 Å². The molecule has 3 rings (SSSR count). The second-order valence-corrected chi connectivity index (χ2v) is 5.33. The largest absolute Gasteiger partial charge is 0.481 e. The van der Waals surface area contributed by atoms with Crippen LogP contribution in [-0.4, -0.2) is 15.1 Å². The van der Waals surface area contributed by atoms with Gasteiger partial charge in [-0.2, -0.15) is 4.98 Å². The number of hydrogen-bond donors (Lipinski definition) is 0. The molecule has 2 aromatic heterocycles. The molecule has 0 N–H and O–H groups in total. The third-order valence-electron chi connectivity index (χ3n) is 2.84. The fourth-order valence-electron chi connectivity index (χ4n) is 1.78. The summed E-state index contributed by atoms with van der Waals surface area (Å²) in [4.78, 5) is 8.38. The molecule has 0 radical (unpaired) electrons. The van der Waals surface area contributed by atoms with Gasteiger partial charge < -0.3 is 9.26 Å². The normalized spacial score (nSPS) is 12.1. The zero-order valence-corrected chi connectivity index (χ0v) is 12.8. The average Bonchev–Trinajstić information content (AvgIpc) is 3.00. The summed E-state index contributed by atoms with van der Waals surface area (Å²) in [6.45, 7) is 1.86. The van der Waals surface area contributed by atoms with E-state index < -0.39 is 0 Å². The molecule has 5 nitrogen and oxygen atoms in total. The Labute approximate surface area is 130 Å². The third kappa shape index (κ3) is 3.28. The SMILES string of the molecule is C[C@H](Oc1ccc(Br)cc1)c1nc(-c2cccnc2)no1. The average molecular weight is 346 g/mol. The predicted octanol–water partition coefficient (Wildman–Crippen LogP) is 4.03. The first-order valence-electron chi connectivity index (χ1n) is 6.38. The van der Waals surface area contributed by atoms with Crippen molar-refractivity contribution in [2.75, 3.05) is 0 Å². The quantitative estimate of drug-likeness (QED) is 0.714. The molecule has 0 saturated heterocycles. The van der Waals surface area contributed by atoms with Crippen molar-refractivity contribution in [1.29, 1.82) is 0 Å². The Balaban J connectivity index is 1.75. The van der Waals surface area contributed by atoms with Crippen molar-refractivity contribution in [3.63, 3.8) is 0 Å². The van der Waals surface area contributed by atoms with Gasteiger partial charge in [0.05, 0.1) is 0 Å². The van der Waals surface area contributed by atoms with E-state index in [0.29, 0.717) is 11.7 Å². The van der Waals surface area contributed by atoms with E-state index >= 15 is 0 Å². The summed E-state index contributed by atoms with van der Waals surface area (Å²) in [5.41, 5.74) is 0.809. The minimum atomic E-state index is -0.330. The minimum Gasteiger partial charge on any atom is -0.481 e. The van der Waals surface area contributed by atoms with Crippen LogP contribution in [-0.2, 0) is 0 Å². The van der Waals surface area contributed by atoms with E-state index in [1.165, 1.54) is 0 Å². The molecule has 0 aliphatic heterocycles. The lowest BCUT2D eigenvalue weighted by Gasteiger charge is -2.10. The summed E-state index contributed by atoms with van der Waals surface area (Å²) in [7, 11) is 0. The Hall–Kier alpha value is -2.21. The zero-order chi connectivity index (χ0) is 14.7. The fourth-order valence-corrected chi connectivity index (χ4v) is 2.04. The van der Waals surface area contributed by atoms with Crippen LogP contribution in [0.25, 0.3) is 11.4 Å². The smallest absolute Gasteiger partial charge is 0.267 e. The molecule has 1 aromatic carbocycles. The van der Waals surface area contributed by atoms with E-state index in [9.17, 15) is 0 Å². The van der Waals surface area contributed by atoms with Gasteiger partial charge >= 0.3 is 0 Å². The van der Waals surface area contributed by atoms with Gasteiger partial charge in [-0.1, -0.05) is 21.1 Å². The maximum Gasteiger partial charge on any atom is 0.267 e. The lowest BCUT2D eigenvalue weighted by Crippen LogP contribution is -2.03. The van der Waals surface area contributed by atoms with Crippen LogP contribution < -0.4 is 4.74 Å².